The van der Waals surface area contributed by atoms with Crippen molar-refractivity contribution in [3.8, 4) is 0 Å². The van der Waals surface area contributed by atoms with Crippen LogP contribution in [0.15, 0.2) is 18.2 Å². The van der Waals surface area contributed by atoms with Crippen LogP contribution in [0.2, 0.25) is 0 Å². The molecular formula is C17H21N3O4. The van der Waals surface area contributed by atoms with Crippen LogP contribution in [0.4, 0.5) is 10.5 Å². The number of carbonyl (C=O) groups excluding carboxylic acids is 3. The van der Waals surface area contributed by atoms with E-state index in [1.165, 1.54) is 7.11 Å². The van der Waals surface area contributed by atoms with Crippen molar-refractivity contribution in [1.29, 1.82) is 0 Å². The zero-order valence-electron chi connectivity index (χ0n) is 13.7. The number of hydrogen-bond donors (Lipinski definition) is 1. The van der Waals surface area contributed by atoms with Gasteiger partial charge in [-0.15, -0.1) is 0 Å². The number of benzene rings is 1. The van der Waals surface area contributed by atoms with Crippen LogP contribution < -0.4 is 5.32 Å². The highest BCUT2D eigenvalue weighted by Gasteiger charge is 2.23. The molecule has 0 spiro atoms. The highest BCUT2D eigenvalue weighted by atomic mass is 16.5. The summed E-state index contributed by atoms with van der Waals surface area (Å²) in [6, 6.07) is 5.65. The summed E-state index contributed by atoms with van der Waals surface area (Å²) in [5.41, 5.74) is 2.68. The summed E-state index contributed by atoms with van der Waals surface area (Å²) in [5.74, 6) is 0.0304. The van der Waals surface area contributed by atoms with Gasteiger partial charge < -0.3 is 19.9 Å². The van der Waals surface area contributed by atoms with Gasteiger partial charge in [-0.05, 0) is 23.6 Å². The third-order valence-corrected chi connectivity index (χ3v) is 4.43. The smallest absolute Gasteiger partial charge is 0.409 e. The van der Waals surface area contributed by atoms with E-state index in [-0.39, 0.29) is 17.9 Å². The monoisotopic (exact) mass is 331 g/mol. The Hall–Kier alpha value is -2.57. The molecule has 0 radical (unpaired) electrons. The molecule has 1 saturated heterocycles. The molecule has 1 aromatic carbocycles. The average molecular weight is 331 g/mol. The lowest BCUT2D eigenvalue weighted by atomic mass is 10.1. The van der Waals surface area contributed by atoms with E-state index >= 15 is 0 Å². The van der Waals surface area contributed by atoms with E-state index in [0.717, 1.165) is 23.2 Å². The van der Waals surface area contributed by atoms with Crippen molar-refractivity contribution in [1.82, 2.24) is 9.80 Å². The minimum Gasteiger partial charge on any atom is -0.453 e. The van der Waals surface area contributed by atoms with Crippen LogP contribution in [-0.4, -0.2) is 61.0 Å². The van der Waals surface area contributed by atoms with E-state index in [9.17, 15) is 14.4 Å². The molecule has 0 aromatic heterocycles. The standard InChI is InChI=1S/C17H21N3O4/c1-24-17(23)20-6-2-5-19(7-8-20)16(22)10-12-3-4-14-13(9-12)11-15(21)18-14/h3-4,9H,2,5-8,10-11H2,1H3,(H,18,21). The van der Waals surface area contributed by atoms with E-state index in [0.29, 0.717) is 39.0 Å². The van der Waals surface area contributed by atoms with Crippen molar-refractivity contribution >= 4 is 23.6 Å². The normalized spacial score (nSPS) is 17.1. The van der Waals surface area contributed by atoms with E-state index < -0.39 is 0 Å². The first-order valence-corrected chi connectivity index (χ1v) is 8.09. The van der Waals surface area contributed by atoms with Crippen molar-refractivity contribution in [3.63, 3.8) is 0 Å². The number of nitrogens with zero attached hydrogens (tertiary/aromatic N) is 2. The second-order valence-corrected chi connectivity index (χ2v) is 6.08. The van der Waals surface area contributed by atoms with E-state index in [1.54, 1.807) is 9.80 Å². The van der Waals surface area contributed by atoms with Crippen LogP contribution in [0, 0.1) is 0 Å². The Morgan fingerprint density at radius 3 is 2.71 bits per heavy atom. The number of rotatable bonds is 2. The number of anilines is 1. The predicted molar refractivity (Wildman–Crippen MR) is 87.7 cm³/mol. The van der Waals surface area contributed by atoms with Gasteiger partial charge in [-0.1, -0.05) is 12.1 Å². The summed E-state index contributed by atoms with van der Waals surface area (Å²) < 4.78 is 4.74. The second kappa shape index (κ2) is 6.90. The SMILES string of the molecule is COC(=O)N1CCCN(C(=O)Cc2ccc3c(c2)CC(=O)N3)CC1. The summed E-state index contributed by atoms with van der Waals surface area (Å²) >= 11 is 0. The van der Waals surface area contributed by atoms with Crippen molar-refractivity contribution in [2.75, 3.05) is 38.6 Å². The topological polar surface area (TPSA) is 79.0 Å². The maximum Gasteiger partial charge on any atom is 0.409 e. The van der Waals surface area contributed by atoms with Crippen molar-refractivity contribution in [2.45, 2.75) is 19.3 Å². The van der Waals surface area contributed by atoms with Crippen molar-refractivity contribution in [3.05, 3.63) is 29.3 Å². The predicted octanol–water partition coefficient (Wildman–Crippen LogP) is 1.02. The number of methoxy groups -OCH3 is 1. The minimum atomic E-state index is -0.347. The number of fused-ring (bicyclic) bond motifs is 1. The molecule has 0 unspecified atom stereocenters. The molecule has 2 aliphatic heterocycles. The zero-order valence-corrected chi connectivity index (χ0v) is 13.7. The van der Waals surface area contributed by atoms with E-state index in [4.69, 9.17) is 4.74 Å². The molecule has 1 aromatic rings. The number of hydrogen-bond acceptors (Lipinski definition) is 4. The Morgan fingerprint density at radius 1 is 1.17 bits per heavy atom. The third kappa shape index (κ3) is 3.50. The molecule has 7 nitrogen and oxygen atoms in total. The molecule has 0 aliphatic carbocycles. The Morgan fingerprint density at radius 2 is 1.92 bits per heavy atom. The Labute approximate surface area is 140 Å². The Bertz CT molecular complexity index is 674. The van der Waals surface area contributed by atoms with Crippen LogP contribution in [0.3, 0.4) is 0 Å². The summed E-state index contributed by atoms with van der Waals surface area (Å²) in [7, 11) is 1.36. The zero-order chi connectivity index (χ0) is 17.1. The van der Waals surface area contributed by atoms with E-state index in [2.05, 4.69) is 5.32 Å². The molecule has 128 valence electrons. The first-order chi connectivity index (χ1) is 11.6. The van der Waals surface area contributed by atoms with Gasteiger partial charge in [0, 0.05) is 31.9 Å². The minimum absolute atomic E-state index is 0.0103. The lowest BCUT2D eigenvalue weighted by Gasteiger charge is -2.21. The quantitative estimate of drug-likeness (QED) is 0.878. The molecule has 0 saturated carbocycles. The number of ether oxygens (including phenoxy) is 1. The highest BCUT2D eigenvalue weighted by molar-refractivity contribution is 5.99. The molecule has 3 amide bonds. The maximum absolute atomic E-state index is 12.5. The van der Waals surface area contributed by atoms with Gasteiger partial charge in [-0.25, -0.2) is 4.79 Å². The Kier molecular flexibility index (Phi) is 4.69. The summed E-state index contributed by atoms with van der Waals surface area (Å²) in [5, 5.41) is 2.79. The maximum atomic E-state index is 12.5. The van der Waals surface area contributed by atoms with Gasteiger partial charge in [0.05, 0.1) is 20.0 Å². The number of carbonyl (C=O) groups is 3. The van der Waals surface area contributed by atoms with Gasteiger partial charge in [0.15, 0.2) is 0 Å². The lowest BCUT2D eigenvalue weighted by Crippen LogP contribution is -2.37. The van der Waals surface area contributed by atoms with Crippen LogP contribution in [0.5, 0.6) is 0 Å². The fraction of sp³-hybridized carbons (Fsp3) is 0.471. The Balaban J connectivity index is 1.60. The van der Waals surface area contributed by atoms with Gasteiger partial charge >= 0.3 is 6.09 Å². The van der Waals surface area contributed by atoms with Gasteiger partial charge in [0.1, 0.15) is 0 Å². The fourth-order valence-corrected chi connectivity index (χ4v) is 3.16. The molecule has 0 atom stereocenters. The molecular weight excluding hydrogens is 310 g/mol. The van der Waals surface area contributed by atoms with Gasteiger partial charge in [0.25, 0.3) is 0 Å². The van der Waals surface area contributed by atoms with Crippen LogP contribution >= 0.6 is 0 Å². The molecule has 0 bridgehead atoms. The van der Waals surface area contributed by atoms with Crippen LogP contribution in [-0.2, 0) is 27.2 Å². The molecule has 1 fully saturated rings. The molecule has 7 heteroatoms. The summed E-state index contributed by atoms with van der Waals surface area (Å²) in [4.78, 5) is 38.9. The first kappa shape index (κ1) is 16.3. The second-order valence-electron chi connectivity index (χ2n) is 6.08. The van der Waals surface area contributed by atoms with Crippen molar-refractivity contribution < 1.29 is 19.1 Å². The summed E-state index contributed by atoms with van der Waals surface area (Å²) in [6.07, 6.45) is 1.07. The molecule has 24 heavy (non-hydrogen) atoms. The summed E-state index contributed by atoms with van der Waals surface area (Å²) in [6.45, 7) is 2.24. The molecule has 1 N–H and O–H groups in total. The first-order valence-electron chi connectivity index (χ1n) is 8.09. The largest absolute Gasteiger partial charge is 0.453 e. The number of amides is 3. The van der Waals surface area contributed by atoms with Gasteiger partial charge in [-0.3, -0.25) is 9.59 Å². The molecule has 2 heterocycles. The molecule has 2 aliphatic rings. The third-order valence-electron chi connectivity index (χ3n) is 4.43. The fourth-order valence-electron chi connectivity index (χ4n) is 3.16. The van der Waals surface area contributed by atoms with Crippen molar-refractivity contribution in [2.24, 2.45) is 0 Å². The van der Waals surface area contributed by atoms with Crippen LogP contribution in [0.25, 0.3) is 0 Å². The highest BCUT2D eigenvalue weighted by Crippen LogP contribution is 2.24. The molecule has 3 rings (SSSR count). The average Bonchev–Trinajstić information content (AvgIpc) is 2.78. The van der Waals surface area contributed by atoms with Gasteiger partial charge in [-0.2, -0.15) is 0 Å². The van der Waals surface area contributed by atoms with Gasteiger partial charge in [0.2, 0.25) is 11.8 Å². The lowest BCUT2D eigenvalue weighted by molar-refractivity contribution is -0.130. The van der Waals surface area contributed by atoms with E-state index in [1.807, 2.05) is 18.2 Å². The van der Waals surface area contributed by atoms with Crippen LogP contribution in [0.1, 0.15) is 17.5 Å². The number of nitrogens with one attached hydrogen (secondary N) is 1.